The Labute approximate surface area is 252 Å². The van der Waals surface area contributed by atoms with Gasteiger partial charge in [-0.1, -0.05) is 72.8 Å². The van der Waals surface area contributed by atoms with Crippen LogP contribution in [0.5, 0.6) is 0 Å². The van der Waals surface area contributed by atoms with Crippen molar-refractivity contribution in [1.29, 1.82) is 0 Å². The second-order valence-electron chi connectivity index (χ2n) is 9.74. The second-order valence-corrected chi connectivity index (χ2v) is 9.74. The van der Waals surface area contributed by atoms with Gasteiger partial charge in [-0.3, -0.25) is 0 Å². The molecule has 0 aromatic heterocycles. The molecule has 5 atom stereocenters. The molecule has 10 heteroatoms. The molecule has 1 heterocycles. The van der Waals surface area contributed by atoms with Gasteiger partial charge in [0.05, 0.1) is 22.3 Å². The lowest BCUT2D eigenvalue weighted by Crippen LogP contribution is -2.62. The monoisotopic (exact) mass is 596 g/mol. The zero-order chi connectivity index (χ0) is 30.9. The summed E-state index contributed by atoms with van der Waals surface area (Å²) in [6.45, 7) is -0.504. The molecule has 1 aliphatic heterocycles. The summed E-state index contributed by atoms with van der Waals surface area (Å²) < 4.78 is 28.4. The Morgan fingerprint density at radius 1 is 0.500 bits per heavy atom. The number of ether oxygens (including phenoxy) is 5. The molecule has 0 aliphatic carbocycles. The van der Waals surface area contributed by atoms with Crippen LogP contribution in [0.3, 0.4) is 0 Å². The molecule has 0 spiro atoms. The predicted octanol–water partition coefficient (Wildman–Crippen LogP) is 4.24. The average molecular weight is 597 g/mol. The zero-order valence-electron chi connectivity index (χ0n) is 23.3. The largest absolute Gasteiger partial charge is 0.459 e. The molecule has 4 aromatic rings. The number of carbonyl (C=O) groups excluding carboxylic acids is 4. The van der Waals surface area contributed by atoms with Gasteiger partial charge < -0.3 is 28.8 Å². The van der Waals surface area contributed by atoms with E-state index in [9.17, 15) is 24.3 Å². The molecule has 224 valence electrons. The van der Waals surface area contributed by atoms with E-state index in [1.807, 2.05) is 0 Å². The van der Waals surface area contributed by atoms with E-state index >= 15 is 0 Å². The van der Waals surface area contributed by atoms with Crippen LogP contribution < -0.4 is 0 Å². The van der Waals surface area contributed by atoms with Gasteiger partial charge in [-0.05, 0) is 48.5 Å². The summed E-state index contributed by atoms with van der Waals surface area (Å²) >= 11 is 0. The Hall–Kier alpha value is -5.32. The average Bonchev–Trinajstić information content (AvgIpc) is 3.07. The molecule has 1 fully saturated rings. The fourth-order valence-electron chi connectivity index (χ4n) is 4.54. The predicted molar refractivity (Wildman–Crippen MR) is 155 cm³/mol. The van der Waals surface area contributed by atoms with Gasteiger partial charge in [0.1, 0.15) is 12.7 Å². The molecule has 44 heavy (non-hydrogen) atoms. The molecular weight excluding hydrogens is 568 g/mol. The second kappa shape index (κ2) is 14.2. The van der Waals surface area contributed by atoms with Crippen LogP contribution in [0.4, 0.5) is 0 Å². The Morgan fingerprint density at radius 3 is 1.25 bits per heavy atom. The van der Waals surface area contributed by atoms with Crippen molar-refractivity contribution in [3.8, 4) is 0 Å². The number of esters is 4. The lowest BCUT2D eigenvalue weighted by molar-refractivity contribution is -0.284. The van der Waals surface area contributed by atoms with Crippen molar-refractivity contribution < 1.29 is 48.0 Å². The topological polar surface area (TPSA) is 135 Å². The molecular formula is C34H28O10. The van der Waals surface area contributed by atoms with Gasteiger partial charge in [0, 0.05) is 0 Å². The highest BCUT2D eigenvalue weighted by molar-refractivity contribution is 5.91. The van der Waals surface area contributed by atoms with Gasteiger partial charge in [0.15, 0.2) is 24.6 Å². The molecule has 1 aliphatic rings. The van der Waals surface area contributed by atoms with Crippen molar-refractivity contribution in [2.45, 2.75) is 30.7 Å². The lowest BCUT2D eigenvalue weighted by Gasteiger charge is -2.42. The smallest absolute Gasteiger partial charge is 0.338 e. The fourth-order valence-corrected chi connectivity index (χ4v) is 4.54. The Kier molecular flexibility index (Phi) is 9.75. The minimum absolute atomic E-state index is 0.154. The Bertz CT molecular complexity index is 1560. The van der Waals surface area contributed by atoms with Gasteiger partial charge in [-0.15, -0.1) is 0 Å². The number of aliphatic hydroxyl groups excluding tert-OH is 1. The van der Waals surface area contributed by atoms with Crippen LogP contribution in [0.2, 0.25) is 0 Å². The van der Waals surface area contributed by atoms with Crippen molar-refractivity contribution in [1.82, 2.24) is 0 Å². The van der Waals surface area contributed by atoms with Crippen LogP contribution in [-0.4, -0.2) is 66.3 Å². The summed E-state index contributed by atoms with van der Waals surface area (Å²) in [5, 5.41) is 11.1. The number of aliphatic hydroxyl groups is 1. The van der Waals surface area contributed by atoms with Crippen LogP contribution in [0.1, 0.15) is 41.4 Å². The molecule has 0 radical (unpaired) electrons. The summed E-state index contributed by atoms with van der Waals surface area (Å²) in [4.78, 5) is 52.3. The van der Waals surface area contributed by atoms with Gasteiger partial charge in [-0.2, -0.15) is 0 Å². The molecule has 4 aromatic carbocycles. The Balaban J connectivity index is 1.48. The van der Waals surface area contributed by atoms with Crippen LogP contribution in [0, 0.1) is 0 Å². The standard InChI is InChI=1S/C34H28O10/c35-30(22-13-5-1-6-14-22)40-21-26-27(42-31(36)23-15-7-2-8-16-23)28(43-32(37)24-17-9-3-10-18-24)29(34(39)41-26)44-33(38)25-19-11-4-12-20-25/h1-20,26-29,34,39H,21H2/t26-,27+,28+,29+,34+/m0/s1. The minimum Gasteiger partial charge on any atom is -0.459 e. The Morgan fingerprint density at radius 2 is 0.841 bits per heavy atom. The molecule has 10 nitrogen and oxygen atoms in total. The van der Waals surface area contributed by atoms with Crippen LogP contribution in [0.25, 0.3) is 0 Å². The van der Waals surface area contributed by atoms with E-state index < -0.39 is 61.2 Å². The van der Waals surface area contributed by atoms with E-state index in [-0.39, 0.29) is 22.3 Å². The highest BCUT2D eigenvalue weighted by Gasteiger charge is 2.52. The van der Waals surface area contributed by atoms with Crippen LogP contribution in [0.15, 0.2) is 121 Å². The molecule has 0 bridgehead atoms. The van der Waals surface area contributed by atoms with E-state index in [2.05, 4.69) is 0 Å². The van der Waals surface area contributed by atoms with Crippen molar-refractivity contribution in [2.75, 3.05) is 6.61 Å². The highest BCUT2D eigenvalue weighted by Crippen LogP contribution is 2.30. The normalized spacial score (nSPS) is 21.0. The van der Waals surface area contributed by atoms with Crippen molar-refractivity contribution in [2.24, 2.45) is 0 Å². The van der Waals surface area contributed by atoms with Crippen molar-refractivity contribution in [3.63, 3.8) is 0 Å². The van der Waals surface area contributed by atoms with E-state index in [1.54, 1.807) is 84.9 Å². The van der Waals surface area contributed by atoms with Crippen LogP contribution in [-0.2, 0) is 23.7 Å². The number of carbonyl (C=O) groups is 4. The highest BCUT2D eigenvalue weighted by atomic mass is 16.7. The van der Waals surface area contributed by atoms with Crippen LogP contribution >= 0.6 is 0 Å². The maximum atomic E-state index is 13.3. The van der Waals surface area contributed by atoms with Gasteiger partial charge in [0.25, 0.3) is 0 Å². The minimum atomic E-state index is -1.86. The number of hydrogen-bond donors (Lipinski definition) is 1. The van der Waals surface area contributed by atoms with E-state index in [4.69, 9.17) is 23.7 Å². The van der Waals surface area contributed by atoms with Crippen molar-refractivity contribution >= 4 is 23.9 Å². The first-order valence-corrected chi connectivity index (χ1v) is 13.7. The third-order valence-electron chi connectivity index (χ3n) is 6.76. The quantitative estimate of drug-likeness (QED) is 0.221. The fraction of sp³-hybridized carbons (Fsp3) is 0.176. The van der Waals surface area contributed by atoms with E-state index in [0.717, 1.165) is 0 Å². The molecule has 1 N–H and O–H groups in total. The third-order valence-corrected chi connectivity index (χ3v) is 6.76. The number of hydrogen-bond acceptors (Lipinski definition) is 10. The first-order valence-electron chi connectivity index (χ1n) is 13.7. The first-order chi connectivity index (χ1) is 21.4. The molecule has 0 amide bonds. The summed E-state index contributed by atoms with van der Waals surface area (Å²) in [5.41, 5.74) is 0.736. The first kappa shape index (κ1) is 30.1. The molecule has 0 saturated carbocycles. The number of rotatable bonds is 9. The maximum absolute atomic E-state index is 13.3. The molecule has 5 rings (SSSR count). The summed E-state index contributed by atoms with van der Waals surface area (Å²) in [7, 11) is 0. The van der Waals surface area contributed by atoms with Crippen molar-refractivity contribution in [3.05, 3.63) is 144 Å². The van der Waals surface area contributed by atoms with Gasteiger partial charge in [-0.25, -0.2) is 19.2 Å². The molecule has 0 unspecified atom stereocenters. The lowest BCUT2D eigenvalue weighted by atomic mass is 9.97. The summed E-state index contributed by atoms with van der Waals surface area (Å²) in [6, 6.07) is 32.1. The van der Waals surface area contributed by atoms with Gasteiger partial charge >= 0.3 is 23.9 Å². The molecule has 1 saturated heterocycles. The maximum Gasteiger partial charge on any atom is 0.338 e. The summed E-state index contributed by atoms with van der Waals surface area (Å²) in [6.07, 6.45) is -7.89. The number of benzene rings is 4. The van der Waals surface area contributed by atoms with E-state index in [1.165, 1.54) is 36.4 Å². The zero-order valence-corrected chi connectivity index (χ0v) is 23.3. The van der Waals surface area contributed by atoms with Gasteiger partial charge in [0.2, 0.25) is 0 Å². The van der Waals surface area contributed by atoms with E-state index in [0.29, 0.717) is 0 Å². The third kappa shape index (κ3) is 7.35. The SMILES string of the molecule is O=C(OC[C@@H]1O[C@@H](O)[C@H](OC(=O)c2ccccc2)[C@H](OC(=O)c2ccccc2)[C@@H]1OC(=O)c1ccccc1)c1ccccc1. The summed E-state index contributed by atoms with van der Waals surface area (Å²) in [5.74, 6) is -3.21.